The van der Waals surface area contributed by atoms with Crippen LogP contribution in [-0.4, -0.2) is 25.7 Å². The Morgan fingerprint density at radius 1 is 1.00 bits per heavy atom. The van der Waals surface area contributed by atoms with Gasteiger partial charge in [-0.3, -0.25) is 4.79 Å². The average Bonchev–Trinajstić information content (AvgIpc) is 2.69. The van der Waals surface area contributed by atoms with Crippen molar-refractivity contribution in [1.29, 1.82) is 0 Å². The lowest BCUT2D eigenvalue weighted by Crippen LogP contribution is -2.23. The topological polar surface area (TPSA) is 56.8 Å². The number of rotatable bonds is 11. The number of hydrogen-bond acceptors (Lipinski definition) is 4. The van der Waals surface area contributed by atoms with Gasteiger partial charge in [-0.05, 0) is 55.7 Å². The Bertz CT molecular complexity index is 698. The van der Waals surface area contributed by atoms with E-state index in [-0.39, 0.29) is 12.0 Å². The smallest absolute Gasteiger partial charge is 0.220 e. The molecule has 146 valence electrons. The van der Waals surface area contributed by atoms with Gasteiger partial charge in [0.15, 0.2) is 0 Å². The van der Waals surface area contributed by atoms with Gasteiger partial charge in [-0.1, -0.05) is 24.3 Å². The molecular weight excluding hydrogens is 342 g/mol. The highest BCUT2D eigenvalue weighted by atomic mass is 16.5. The molecule has 2 aromatic rings. The Hall–Kier alpha value is -2.53. The summed E-state index contributed by atoms with van der Waals surface area (Å²) < 4.78 is 16.4. The van der Waals surface area contributed by atoms with Gasteiger partial charge < -0.3 is 19.5 Å². The molecule has 5 nitrogen and oxygen atoms in total. The van der Waals surface area contributed by atoms with Crippen LogP contribution in [0.4, 0.5) is 0 Å². The van der Waals surface area contributed by atoms with Crippen LogP contribution in [0.5, 0.6) is 11.5 Å². The van der Waals surface area contributed by atoms with Crippen LogP contribution >= 0.6 is 0 Å². The average molecular weight is 371 g/mol. The maximum atomic E-state index is 12.1. The first-order valence-corrected chi connectivity index (χ1v) is 9.30. The van der Waals surface area contributed by atoms with Gasteiger partial charge >= 0.3 is 0 Å². The molecule has 0 heterocycles. The van der Waals surface area contributed by atoms with Crippen molar-refractivity contribution in [2.45, 2.75) is 45.9 Å². The predicted molar refractivity (Wildman–Crippen MR) is 106 cm³/mol. The number of ether oxygens (including phenoxy) is 3. The monoisotopic (exact) mass is 371 g/mol. The highest BCUT2D eigenvalue weighted by Crippen LogP contribution is 2.17. The van der Waals surface area contributed by atoms with Crippen molar-refractivity contribution >= 4 is 5.91 Å². The molecule has 0 saturated heterocycles. The number of methoxy groups -OCH3 is 1. The largest absolute Gasteiger partial charge is 0.497 e. The summed E-state index contributed by atoms with van der Waals surface area (Å²) >= 11 is 0. The van der Waals surface area contributed by atoms with E-state index < -0.39 is 0 Å². The maximum absolute atomic E-state index is 12.1. The summed E-state index contributed by atoms with van der Waals surface area (Å²) in [5.74, 6) is 1.59. The quantitative estimate of drug-likeness (QED) is 0.604. The summed E-state index contributed by atoms with van der Waals surface area (Å²) in [6.45, 7) is 5.59. The third kappa shape index (κ3) is 7.71. The summed E-state index contributed by atoms with van der Waals surface area (Å²) in [6, 6.07) is 15.4. The molecule has 27 heavy (non-hydrogen) atoms. The van der Waals surface area contributed by atoms with Crippen molar-refractivity contribution in [3.63, 3.8) is 0 Å². The molecular formula is C22H29NO4. The molecule has 0 unspecified atom stereocenters. The van der Waals surface area contributed by atoms with Crippen LogP contribution in [0.3, 0.4) is 0 Å². The maximum Gasteiger partial charge on any atom is 0.220 e. The number of benzene rings is 2. The molecule has 0 aliphatic carbocycles. The molecule has 1 amide bonds. The number of carbonyl (C=O) groups is 1. The van der Waals surface area contributed by atoms with E-state index in [1.165, 1.54) is 0 Å². The zero-order valence-electron chi connectivity index (χ0n) is 16.4. The van der Waals surface area contributed by atoms with E-state index in [0.717, 1.165) is 22.6 Å². The second-order valence-corrected chi connectivity index (χ2v) is 6.53. The Morgan fingerprint density at radius 3 is 2.33 bits per heavy atom. The number of carbonyl (C=O) groups excluding carboxylic acids is 1. The van der Waals surface area contributed by atoms with Crippen molar-refractivity contribution in [3.05, 3.63) is 59.7 Å². The molecule has 0 saturated carbocycles. The Labute approximate surface area is 161 Å². The Morgan fingerprint density at radius 2 is 1.67 bits per heavy atom. The molecule has 2 aromatic carbocycles. The third-order valence-corrected chi connectivity index (χ3v) is 4.04. The zero-order valence-corrected chi connectivity index (χ0v) is 16.4. The van der Waals surface area contributed by atoms with E-state index >= 15 is 0 Å². The van der Waals surface area contributed by atoms with Crippen molar-refractivity contribution in [3.8, 4) is 11.5 Å². The molecule has 0 aromatic heterocycles. The van der Waals surface area contributed by atoms with Crippen molar-refractivity contribution in [2.75, 3.05) is 13.7 Å². The van der Waals surface area contributed by atoms with Gasteiger partial charge in [0.2, 0.25) is 5.91 Å². The summed E-state index contributed by atoms with van der Waals surface area (Å²) in [5.41, 5.74) is 2.19. The normalized spacial score (nSPS) is 10.7. The molecule has 2 rings (SSSR count). The molecule has 5 heteroatoms. The summed E-state index contributed by atoms with van der Waals surface area (Å²) in [4.78, 5) is 12.1. The van der Waals surface area contributed by atoms with Crippen molar-refractivity contribution in [1.82, 2.24) is 5.32 Å². The van der Waals surface area contributed by atoms with E-state index in [2.05, 4.69) is 5.32 Å². The zero-order chi connectivity index (χ0) is 19.5. The number of nitrogens with one attached hydrogen (secondary N) is 1. The fourth-order valence-electron chi connectivity index (χ4n) is 2.50. The molecule has 0 atom stereocenters. The lowest BCUT2D eigenvalue weighted by molar-refractivity contribution is -0.121. The Balaban J connectivity index is 1.68. The first-order chi connectivity index (χ1) is 13.1. The van der Waals surface area contributed by atoms with Gasteiger partial charge in [0, 0.05) is 13.0 Å². The van der Waals surface area contributed by atoms with Gasteiger partial charge in [-0.2, -0.15) is 0 Å². The lowest BCUT2D eigenvalue weighted by Gasteiger charge is -2.13. The molecule has 0 spiro atoms. The van der Waals surface area contributed by atoms with Crippen LogP contribution < -0.4 is 14.8 Å². The molecule has 0 radical (unpaired) electrons. The first kappa shape index (κ1) is 20.8. The molecule has 0 bridgehead atoms. The molecule has 0 aliphatic rings. The SMILES string of the molecule is COc1ccc(OCCCC(=O)NCc2ccccc2COC(C)C)cc1. The second kappa shape index (κ2) is 11.2. The Kier molecular flexibility index (Phi) is 8.65. The minimum atomic E-state index is 0.0212. The van der Waals surface area contributed by atoms with Gasteiger partial charge in [0.25, 0.3) is 0 Å². The van der Waals surface area contributed by atoms with Crippen LogP contribution in [-0.2, 0) is 22.7 Å². The van der Waals surface area contributed by atoms with Crippen LogP contribution in [0, 0.1) is 0 Å². The van der Waals surface area contributed by atoms with E-state index in [4.69, 9.17) is 14.2 Å². The van der Waals surface area contributed by atoms with E-state index in [0.29, 0.717) is 32.6 Å². The highest BCUT2D eigenvalue weighted by Gasteiger charge is 2.06. The summed E-state index contributed by atoms with van der Waals surface area (Å²) in [5, 5.41) is 2.97. The van der Waals surface area contributed by atoms with E-state index in [1.807, 2.05) is 62.4 Å². The number of amides is 1. The lowest BCUT2D eigenvalue weighted by atomic mass is 10.1. The fourth-order valence-corrected chi connectivity index (χ4v) is 2.50. The van der Waals surface area contributed by atoms with Crippen LogP contribution in [0.15, 0.2) is 48.5 Å². The van der Waals surface area contributed by atoms with Crippen LogP contribution in [0.2, 0.25) is 0 Å². The fraction of sp³-hybridized carbons (Fsp3) is 0.409. The van der Waals surface area contributed by atoms with Crippen LogP contribution in [0.1, 0.15) is 37.8 Å². The third-order valence-electron chi connectivity index (χ3n) is 4.04. The van der Waals surface area contributed by atoms with Gasteiger partial charge in [0.05, 0.1) is 26.4 Å². The van der Waals surface area contributed by atoms with Crippen molar-refractivity contribution < 1.29 is 19.0 Å². The molecule has 1 N–H and O–H groups in total. The second-order valence-electron chi connectivity index (χ2n) is 6.53. The molecule has 0 fully saturated rings. The summed E-state index contributed by atoms with van der Waals surface area (Å²) in [6.07, 6.45) is 1.27. The molecule has 0 aliphatic heterocycles. The predicted octanol–water partition coefficient (Wildman–Crippen LogP) is 4.10. The summed E-state index contributed by atoms with van der Waals surface area (Å²) in [7, 11) is 1.63. The van der Waals surface area contributed by atoms with Gasteiger partial charge in [-0.25, -0.2) is 0 Å². The standard InChI is InChI=1S/C22H29NO4/c1-17(2)27-16-19-8-5-4-7-18(19)15-23-22(24)9-6-14-26-21-12-10-20(25-3)11-13-21/h4-5,7-8,10-13,17H,6,9,14-16H2,1-3H3,(H,23,24). The van der Waals surface area contributed by atoms with Gasteiger partial charge in [0.1, 0.15) is 11.5 Å². The number of hydrogen-bond donors (Lipinski definition) is 1. The van der Waals surface area contributed by atoms with E-state index in [9.17, 15) is 4.79 Å². The first-order valence-electron chi connectivity index (χ1n) is 9.30. The minimum Gasteiger partial charge on any atom is -0.497 e. The van der Waals surface area contributed by atoms with Crippen molar-refractivity contribution in [2.24, 2.45) is 0 Å². The van der Waals surface area contributed by atoms with E-state index in [1.54, 1.807) is 7.11 Å². The van der Waals surface area contributed by atoms with Crippen LogP contribution in [0.25, 0.3) is 0 Å². The van der Waals surface area contributed by atoms with Gasteiger partial charge in [-0.15, -0.1) is 0 Å². The minimum absolute atomic E-state index is 0.0212. The highest BCUT2D eigenvalue weighted by molar-refractivity contribution is 5.75.